The van der Waals surface area contributed by atoms with Crippen LogP contribution < -0.4 is 0 Å². The van der Waals surface area contributed by atoms with Crippen molar-refractivity contribution in [2.45, 2.75) is 76.5 Å². The van der Waals surface area contributed by atoms with Crippen molar-refractivity contribution in [1.82, 2.24) is 0 Å². The number of hydrogen-bond donors (Lipinski definition) is 0. The number of carbonyl (C=O) groups excluding carboxylic acids is 2. The molecule has 3 aliphatic carbocycles. The van der Waals surface area contributed by atoms with Gasteiger partial charge in [-0.2, -0.15) is 0 Å². The summed E-state index contributed by atoms with van der Waals surface area (Å²) in [6, 6.07) is 4.34. The SMILES string of the molecule is CC(=O)c1ccc(C2CCC(C(C)=O)CC2)c2c1C1CCC2C1. The summed E-state index contributed by atoms with van der Waals surface area (Å²) < 4.78 is 0. The molecule has 0 radical (unpaired) electrons. The van der Waals surface area contributed by atoms with Crippen LogP contribution in [0.15, 0.2) is 12.1 Å². The fourth-order valence-electron chi connectivity index (χ4n) is 5.53. The Bertz CT molecular complexity index is 665. The highest BCUT2D eigenvalue weighted by Gasteiger charge is 2.41. The summed E-state index contributed by atoms with van der Waals surface area (Å²) in [4.78, 5) is 23.7. The molecule has 2 bridgehead atoms. The smallest absolute Gasteiger partial charge is 0.160 e. The Balaban J connectivity index is 1.69. The van der Waals surface area contributed by atoms with Gasteiger partial charge in [0.1, 0.15) is 5.78 Å². The number of carbonyl (C=O) groups is 2. The molecule has 2 heteroatoms. The highest BCUT2D eigenvalue weighted by molar-refractivity contribution is 5.96. The van der Waals surface area contributed by atoms with Crippen molar-refractivity contribution in [2.24, 2.45) is 5.92 Å². The predicted octanol–water partition coefficient (Wildman–Crippen LogP) is 5.12. The van der Waals surface area contributed by atoms with Gasteiger partial charge < -0.3 is 0 Å². The second-order valence-corrected chi connectivity index (χ2v) is 7.95. The molecule has 0 aliphatic heterocycles. The van der Waals surface area contributed by atoms with Gasteiger partial charge in [0.25, 0.3) is 0 Å². The second-order valence-electron chi connectivity index (χ2n) is 7.95. The molecule has 2 atom stereocenters. The van der Waals surface area contributed by atoms with Gasteiger partial charge in [-0.05, 0) is 93.2 Å². The lowest BCUT2D eigenvalue weighted by molar-refractivity contribution is -0.121. The summed E-state index contributed by atoms with van der Waals surface area (Å²) in [6.07, 6.45) is 8.17. The molecular formula is C21H26O2. The zero-order chi connectivity index (χ0) is 16.1. The van der Waals surface area contributed by atoms with Crippen molar-refractivity contribution in [2.75, 3.05) is 0 Å². The van der Waals surface area contributed by atoms with Gasteiger partial charge in [-0.1, -0.05) is 12.1 Å². The van der Waals surface area contributed by atoms with Gasteiger partial charge in [0.2, 0.25) is 0 Å². The van der Waals surface area contributed by atoms with Crippen LogP contribution in [0.2, 0.25) is 0 Å². The standard InChI is InChI=1S/C21H26O2/c1-12(22)14-3-5-15(6-4-14)19-10-9-18(13(2)23)20-16-7-8-17(11-16)21(19)20/h9-10,14-17H,3-8,11H2,1-2H3. The van der Waals surface area contributed by atoms with Crippen molar-refractivity contribution in [1.29, 1.82) is 0 Å². The van der Waals surface area contributed by atoms with Crippen molar-refractivity contribution < 1.29 is 9.59 Å². The van der Waals surface area contributed by atoms with Crippen molar-refractivity contribution >= 4 is 11.6 Å². The minimum atomic E-state index is 0.223. The van der Waals surface area contributed by atoms with Crippen LogP contribution in [-0.2, 0) is 4.79 Å². The van der Waals surface area contributed by atoms with E-state index < -0.39 is 0 Å². The zero-order valence-corrected chi connectivity index (χ0v) is 14.2. The van der Waals surface area contributed by atoms with Crippen LogP contribution in [0.5, 0.6) is 0 Å². The molecule has 2 nitrogen and oxygen atoms in total. The fraction of sp³-hybridized carbons (Fsp3) is 0.619. The van der Waals surface area contributed by atoms with E-state index in [1.165, 1.54) is 30.4 Å². The number of hydrogen-bond acceptors (Lipinski definition) is 2. The van der Waals surface area contributed by atoms with E-state index in [1.54, 1.807) is 19.4 Å². The van der Waals surface area contributed by atoms with Gasteiger partial charge in [0.15, 0.2) is 5.78 Å². The topological polar surface area (TPSA) is 34.1 Å². The first kappa shape index (κ1) is 15.1. The van der Waals surface area contributed by atoms with Gasteiger partial charge in [0, 0.05) is 11.5 Å². The Kier molecular flexibility index (Phi) is 3.66. The largest absolute Gasteiger partial charge is 0.300 e. The monoisotopic (exact) mass is 310 g/mol. The maximum absolute atomic E-state index is 12.0. The van der Waals surface area contributed by atoms with E-state index in [0.29, 0.717) is 23.5 Å². The molecular weight excluding hydrogens is 284 g/mol. The van der Waals surface area contributed by atoms with Gasteiger partial charge in [-0.15, -0.1) is 0 Å². The highest BCUT2D eigenvalue weighted by Crippen LogP contribution is 2.57. The molecule has 1 aromatic carbocycles. The van der Waals surface area contributed by atoms with E-state index in [2.05, 4.69) is 12.1 Å². The highest BCUT2D eigenvalue weighted by atomic mass is 16.1. The Morgan fingerprint density at radius 2 is 1.43 bits per heavy atom. The fourth-order valence-corrected chi connectivity index (χ4v) is 5.53. The van der Waals surface area contributed by atoms with Crippen LogP contribution in [-0.4, -0.2) is 11.6 Å². The molecule has 0 heterocycles. The first-order chi connectivity index (χ1) is 11.1. The third kappa shape index (κ3) is 2.38. The maximum atomic E-state index is 12.0. The summed E-state index contributed by atoms with van der Waals surface area (Å²) in [5, 5.41) is 0. The number of Topliss-reactive ketones (excluding diaryl/α,β-unsaturated/α-hetero) is 2. The summed E-state index contributed by atoms with van der Waals surface area (Å²) in [5.74, 6) is 2.78. The number of benzene rings is 1. The molecule has 23 heavy (non-hydrogen) atoms. The first-order valence-electron chi connectivity index (χ1n) is 9.24. The van der Waals surface area contributed by atoms with Crippen LogP contribution in [0.1, 0.15) is 104 Å². The van der Waals surface area contributed by atoms with E-state index in [0.717, 1.165) is 31.2 Å². The lowest BCUT2D eigenvalue weighted by Gasteiger charge is -2.31. The molecule has 2 unspecified atom stereocenters. The Labute approximate surface area is 138 Å². The summed E-state index contributed by atoms with van der Waals surface area (Å²) in [6.45, 7) is 3.45. The van der Waals surface area contributed by atoms with Gasteiger partial charge in [-0.25, -0.2) is 0 Å². The minimum absolute atomic E-state index is 0.223. The van der Waals surface area contributed by atoms with Crippen LogP contribution in [0.25, 0.3) is 0 Å². The molecule has 0 aromatic heterocycles. The molecule has 0 amide bonds. The maximum Gasteiger partial charge on any atom is 0.160 e. The van der Waals surface area contributed by atoms with Gasteiger partial charge in [-0.3, -0.25) is 9.59 Å². The zero-order valence-electron chi connectivity index (χ0n) is 14.2. The molecule has 4 rings (SSSR count). The minimum Gasteiger partial charge on any atom is -0.300 e. The van der Waals surface area contributed by atoms with Crippen LogP contribution in [0.4, 0.5) is 0 Å². The molecule has 0 saturated heterocycles. The molecule has 2 fully saturated rings. The number of ketones is 2. The third-order valence-corrected chi connectivity index (χ3v) is 6.69. The number of fused-ring (bicyclic) bond motifs is 5. The third-order valence-electron chi connectivity index (χ3n) is 6.69. The van der Waals surface area contributed by atoms with E-state index >= 15 is 0 Å². The lowest BCUT2D eigenvalue weighted by Crippen LogP contribution is -2.20. The molecule has 0 N–H and O–H groups in total. The molecule has 3 aliphatic rings. The van der Waals surface area contributed by atoms with Gasteiger partial charge in [0.05, 0.1) is 0 Å². The van der Waals surface area contributed by atoms with Crippen molar-refractivity contribution in [3.8, 4) is 0 Å². The summed E-state index contributed by atoms with van der Waals surface area (Å²) in [7, 11) is 0. The summed E-state index contributed by atoms with van der Waals surface area (Å²) >= 11 is 0. The lowest BCUT2D eigenvalue weighted by atomic mass is 9.73. The quantitative estimate of drug-likeness (QED) is 0.726. The van der Waals surface area contributed by atoms with Crippen LogP contribution >= 0.6 is 0 Å². The molecule has 0 spiro atoms. The Hall–Kier alpha value is -1.44. The van der Waals surface area contributed by atoms with Crippen LogP contribution in [0.3, 0.4) is 0 Å². The predicted molar refractivity (Wildman–Crippen MR) is 91.2 cm³/mol. The normalized spacial score (nSPS) is 31.9. The van der Waals surface area contributed by atoms with E-state index in [9.17, 15) is 9.59 Å². The van der Waals surface area contributed by atoms with E-state index in [1.807, 2.05) is 0 Å². The molecule has 122 valence electrons. The van der Waals surface area contributed by atoms with Crippen molar-refractivity contribution in [3.63, 3.8) is 0 Å². The number of rotatable bonds is 3. The Morgan fingerprint density at radius 3 is 2.04 bits per heavy atom. The average Bonchev–Trinajstić information content (AvgIpc) is 3.16. The van der Waals surface area contributed by atoms with Crippen molar-refractivity contribution in [3.05, 3.63) is 34.4 Å². The van der Waals surface area contributed by atoms with Crippen LogP contribution in [0, 0.1) is 5.92 Å². The first-order valence-corrected chi connectivity index (χ1v) is 9.24. The molecule has 2 saturated carbocycles. The molecule has 1 aromatic rings. The van der Waals surface area contributed by atoms with E-state index in [-0.39, 0.29) is 11.7 Å². The van der Waals surface area contributed by atoms with E-state index in [4.69, 9.17) is 0 Å². The average molecular weight is 310 g/mol. The summed E-state index contributed by atoms with van der Waals surface area (Å²) in [5.41, 5.74) is 5.44. The Morgan fingerprint density at radius 1 is 0.826 bits per heavy atom. The second kappa shape index (κ2) is 5.58. The van der Waals surface area contributed by atoms with Gasteiger partial charge >= 0.3 is 0 Å².